The number of rotatable bonds is 0. The van der Waals surface area contributed by atoms with Gasteiger partial charge < -0.3 is 5.11 Å². The number of phenolic OH excluding ortho intramolecular Hbond substituents is 1. The van der Waals surface area contributed by atoms with Crippen molar-refractivity contribution in [3.05, 3.63) is 28.8 Å². The first kappa shape index (κ1) is 8.16. The SMILES string of the molecule is O=C1CCc2cc(F)c(O)c(F)c21. The highest BCUT2D eigenvalue weighted by molar-refractivity contribution is 6.01. The van der Waals surface area contributed by atoms with Crippen LogP contribution in [0.1, 0.15) is 22.3 Å². The number of hydrogen-bond donors (Lipinski definition) is 1. The summed E-state index contributed by atoms with van der Waals surface area (Å²) in [5.74, 6) is -3.57. The molecule has 1 aliphatic carbocycles. The van der Waals surface area contributed by atoms with Gasteiger partial charge in [-0.2, -0.15) is 0 Å². The van der Waals surface area contributed by atoms with E-state index in [1.54, 1.807) is 0 Å². The molecule has 1 aromatic carbocycles. The molecule has 0 radical (unpaired) electrons. The van der Waals surface area contributed by atoms with Gasteiger partial charge in [-0.05, 0) is 18.1 Å². The van der Waals surface area contributed by atoms with Gasteiger partial charge in [-0.25, -0.2) is 8.78 Å². The Morgan fingerprint density at radius 1 is 1.31 bits per heavy atom. The summed E-state index contributed by atoms with van der Waals surface area (Å²) in [6.45, 7) is 0. The van der Waals surface area contributed by atoms with Crippen LogP contribution in [-0.4, -0.2) is 10.9 Å². The minimum absolute atomic E-state index is 0.154. The largest absolute Gasteiger partial charge is 0.503 e. The molecular formula is C9H6F2O2. The predicted octanol–water partition coefficient (Wildman–Crippen LogP) is 1.80. The molecule has 0 heterocycles. The molecule has 0 amide bonds. The van der Waals surface area contributed by atoms with Gasteiger partial charge in [-0.15, -0.1) is 0 Å². The van der Waals surface area contributed by atoms with Crippen LogP contribution in [0.15, 0.2) is 6.07 Å². The van der Waals surface area contributed by atoms with Crippen LogP contribution in [0.4, 0.5) is 8.78 Å². The number of ketones is 1. The highest BCUT2D eigenvalue weighted by Crippen LogP contribution is 2.31. The number of halogens is 2. The summed E-state index contributed by atoms with van der Waals surface area (Å²) in [6, 6.07) is 1.01. The first-order valence-corrected chi connectivity index (χ1v) is 3.84. The molecular weight excluding hydrogens is 178 g/mol. The van der Waals surface area contributed by atoms with Crippen molar-refractivity contribution >= 4 is 5.78 Å². The number of aryl methyl sites for hydroxylation is 1. The van der Waals surface area contributed by atoms with Crippen LogP contribution in [0.25, 0.3) is 0 Å². The topological polar surface area (TPSA) is 37.3 Å². The van der Waals surface area contributed by atoms with Gasteiger partial charge in [-0.3, -0.25) is 4.79 Å². The van der Waals surface area contributed by atoms with Crippen molar-refractivity contribution in [3.8, 4) is 5.75 Å². The van der Waals surface area contributed by atoms with Gasteiger partial charge in [0.05, 0.1) is 5.56 Å². The summed E-state index contributed by atoms with van der Waals surface area (Å²) in [7, 11) is 0. The van der Waals surface area contributed by atoms with Gasteiger partial charge in [0.2, 0.25) is 0 Å². The van der Waals surface area contributed by atoms with E-state index in [4.69, 9.17) is 5.11 Å². The normalized spacial score (nSPS) is 14.8. The number of Topliss-reactive ketones (excluding diaryl/α,β-unsaturated/α-hetero) is 1. The zero-order chi connectivity index (χ0) is 9.59. The van der Waals surface area contributed by atoms with Crippen LogP contribution in [0.3, 0.4) is 0 Å². The molecule has 1 aromatic rings. The van der Waals surface area contributed by atoms with Gasteiger partial charge in [0.15, 0.2) is 23.2 Å². The minimum atomic E-state index is -1.13. The van der Waals surface area contributed by atoms with Gasteiger partial charge in [0.1, 0.15) is 0 Å². The molecule has 4 heteroatoms. The lowest BCUT2D eigenvalue weighted by atomic mass is 10.1. The predicted molar refractivity (Wildman–Crippen MR) is 40.7 cm³/mol. The van der Waals surface area contributed by atoms with E-state index in [9.17, 15) is 13.6 Å². The Balaban J connectivity index is 2.75. The molecule has 2 nitrogen and oxygen atoms in total. The lowest BCUT2D eigenvalue weighted by Crippen LogP contribution is -1.98. The van der Waals surface area contributed by atoms with E-state index >= 15 is 0 Å². The monoisotopic (exact) mass is 184 g/mol. The molecule has 0 aromatic heterocycles. The molecule has 2 rings (SSSR count). The number of benzene rings is 1. The van der Waals surface area contributed by atoms with E-state index in [1.807, 2.05) is 0 Å². The first-order valence-electron chi connectivity index (χ1n) is 3.84. The molecule has 0 bridgehead atoms. The minimum Gasteiger partial charge on any atom is -0.503 e. The molecule has 68 valence electrons. The maximum absolute atomic E-state index is 13.1. The number of carbonyl (C=O) groups is 1. The first-order chi connectivity index (χ1) is 6.11. The Hall–Kier alpha value is -1.45. The van der Waals surface area contributed by atoms with Crippen molar-refractivity contribution < 1.29 is 18.7 Å². The highest BCUT2D eigenvalue weighted by Gasteiger charge is 2.27. The lowest BCUT2D eigenvalue weighted by molar-refractivity contribution is 0.0990. The van der Waals surface area contributed by atoms with E-state index in [2.05, 4.69) is 0 Å². The maximum Gasteiger partial charge on any atom is 0.188 e. The van der Waals surface area contributed by atoms with Crippen molar-refractivity contribution in [1.82, 2.24) is 0 Å². The molecule has 0 fully saturated rings. The molecule has 0 spiro atoms. The van der Waals surface area contributed by atoms with E-state index in [1.165, 1.54) is 0 Å². The lowest BCUT2D eigenvalue weighted by Gasteiger charge is -2.02. The standard InChI is InChI=1S/C9H6F2O2/c10-5-3-4-1-2-6(12)7(4)8(11)9(5)13/h3,13H,1-2H2. The Bertz CT molecular complexity index is 399. The number of carbonyl (C=O) groups excluding carboxylic acids is 1. The number of fused-ring (bicyclic) bond motifs is 1. The molecule has 0 saturated heterocycles. The van der Waals surface area contributed by atoms with Crippen molar-refractivity contribution in [2.24, 2.45) is 0 Å². The third-order valence-corrected chi connectivity index (χ3v) is 2.18. The molecule has 1 aliphatic rings. The van der Waals surface area contributed by atoms with Crippen LogP contribution in [0, 0.1) is 11.6 Å². The summed E-state index contributed by atoms with van der Waals surface area (Å²) in [5, 5.41) is 8.89. The van der Waals surface area contributed by atoms with E-state index in [0.717, 1.165) is 6.07 Å². The number of aromatic hydroxyl groups is 1. The maximum atomic E-state index is 13.1. The summed E-state index contributed by atoms with van der Waals surface area (Å²) >= 11 is 0. The summed E-state index contributed by atoms with van der Waals surface area (Å²) in [6.07, 6.45) is 0.539. The third kappa shape index (κ3) is 1.02. The van der Waals surface area contributed by atoms with Crippen LogP contribution < -0.4 is 0 Å². The fraction of sp³-hybridized carbons (Fsp3) is 0.222. The van der Waals surface area contributed by atoms with Crippen LogP contribution in [-0.2, 0) is 6.42 Å². The second kappa shape index (κ2) is 2.52. The third-order valence-electron chi connectivity index (χ3n) is 2.18. The molecule has 0 unspecified atom stereocenters. The van der Waals surface area contributed by atoms with Gasteiger partial charge in [0.25, 0.3) is 0 Å². The number of hydrogen-bond acceptors (Lipinski definition) is 2. The fourth-order valence-electron chi connectivity index (χ4n) is 1.53. The van der Waals surface area contributed by atoms with Crippen LogP contribution in [0.5, 0.6) is 5.75 Å². The molecule has 13 heavy (non-hydrogen) atoms. The summed E-state index contributed by atoms with van der Waals surface area (Å²) in [4.78, 5) is 11.1. The van der Waals surface area contributed by atoms with Gasteiger partial charge in [-0.1, -0.05) is 0 Å². The Morgan fingerprint density at radius 2 is 2.00 bits per heavy atom. The molecule has 0 saturated carbocycles. The van der Waals surface area contributed by atoms with E-state index in [-0.39, 0.29) is 17.8 Å². The van der Waals surface area contributed by atoms with Crippen molar-refractivity contribution in [1.29, 1.82) is 0 Å². The average molecular weight is 184 g/mol. The quantitative estimate of drug-likeness (QED) is 0.667. The van der Waals surface area contributed by atoms with Crippen molar-refractivity contribution in [2.45, 2.75) is 12.8 Å². The van der Waals surface area contributed by atoms with E-state index < -0.39 is 17.4 Å². The highest BCUT2D eigenvalue weighted by atomic mass is 19.1. The van der Waals surface area contributed by atoms with Crippen molar-refractivity contribution in [3.63, 3.8) is 0 Å². The summed E-state index contributed by atoms with van der Waals surface area (Å²) in [5.41, 5.74) is 0.191. The number of phenols is 1. The molecule has 1 N–H and O–H groups in total. The zero-order valence-electron chi connectivity index (χ0n) is 6.60. The Kier molecular flexibility index (Phi) is 1.58. The Labute approximate surface area is 72.8 Å². The molecule has 0 atom stereocenters. The molecule has 0 aliphatic heterocycles. The van der Waals surface area contributed by atoms with Crippen LogP contribution in [0.2, 0.25) is 0 Å². The van der Waals surface area contributed by atoms with E-state index in [0.29, 0.717) is 12.0 Å². The van der Waals surface area contributed by atoms with Gasteiger partial charge in [0, 0.05) is 6.42 Å². The Morgan fingerprint density at radius 3 is 2.69 bits per heavy atom. The van der Waals surface area contributed by atoms with Crippen LogP contribution >= 0.6 is 0 Å². The average Bonchev–Trinajstić information content (AvgIpc) is 2.43. The second-order valence-electron chi connectivity index (χ2n) is 2.98. The fourth-order valence-corrected chi connectivity index (χ4v) is 1.53. The smallest absolute Gasteiger partial charge is 0.188 e. The zero-order valence-corrected chi connectivity index (χ0v) is 6.60. The summed E-state index contributed by atoms with van der Waals surface area (Å²) < 4.78 is 25.9. The van der Waals surface area contributed by atoms with Gasteiger partial charge >= 0.3 is 0 Å². The second-order valence-corrected chi connectivity index (χ2v) is 2.98. The van der Waals surface area contributed by atoms with Crippen molar-refractivity contribution in [2.75, 3.05) is 0 Å².